The lowest BCUT2D eigenvalue weighted by Crippen LogP contribution is -2.43. The average molecular weight is 488 g/mol. The van der Waals surface area contributed by atoms with E-state index in [1.54, 1.807) is 6.92 Å². The quantitative estimate of drug-likeness (QED) is 0.508. The monoisotopic (exact) mass is 487 g/mol. The third-order valence-corrected chi connectivity index (χ3v) is 7.32. The van der Waals surface area contributed by atoms with Crippen molar-refractivity contribution in [1.29, 1.82) is 0 Å². The fraction of sp³-hybridized carbons (Fsp3) is 0.333. The van der Waals surface area contributed by atoms with E-state index in [2.05, 4.69) is 31.7 Å². The molecule has 0 bridgehead atoms. The molecule has 4 rings (SSSR count). The highest BCUT2D eigenvalue weighted by molar-refractivity contribution is 7.92. The summed E-state index contributed by atoms with van der Waals surface area (Å²) in [4.78, 5) is 11.9. The lowest BCUT2D eigenvalue weighted by atomic mass is 10.0. The number of nitrogens with one attached hydrogen (secondary N) is 1. The number of piperidine rings is 1. The number of sulfonamides is 1. The second kappa shape index (κ2) is 10.0. The van der Waals surface area contributed by atoms with Crippen LogP contribution in [0.2, 0.25) is 0 Å². The summed E-state index contributed by atoms with van der Waals surface area (Å²) >= 11 is 0. The number of nitrogens with zero attached hydrogens (tertiary/aromatic N) is 4. The Hall–Kier alpha value is -3.11. The molecule has 180 valence electrons. The Balaban J connectivity index is 1.45. The first-order chi connectivity index (χ1) is 16.2. The molecule has 1 aliphatic heterocycles. The van der Waals surface area contributed by atoms with Gasteiger partial charge in [-0.15, -0.1) is 0 Å². The van der Waals surface area contributed by atoms with Gasteiger partial charge in [-0.25, -0.2) is 14.4 Å². The van der Waals surface area contributed by atoms with Gasteiger partial charge in [0.2, 0.25) is 11.0 Å². The van der Waals surface area contributed by atoms with Gasteiger partial charge in [0.1, 0.15) is 5.82 Å². The molecule has 0 atom stereocenters. The second-order valence-corrected chi connectivity index (χ2v) is 10.0. The number of likely N-dealkylation sites (tertiary alicyclic amines) is 1. The molecule has 1 saturated heterocycles. The zero-order valence-corrected chi connectivity index (χ0v) is 19.9. The molecule has 0 spiro atoms. The van der Waals surface area contributed by atoms with Crippen LogP contribution >= 0.6 is 0 Å². The maximum absolute atomic E-state index is 14.9. The Morgan fingerprint density at radius 1 is 1.06 bits per heavy atom. The SMILES string of the molecule is Cc1nc(S(=O)(=O)Nc2cccc(F)n2)c(F)cc1N(C)C1CCN(Cc2ccccc2)CC1. The fourth-order valence-corrected chi connectivity index (χ4v) is 5.31. The Labute approximate surface area is 198 Å². The minimum atomic E-state index is -4.38. The molecule has 3 aromatic rings. The molecule has 0 unspecified atom stereocenters. The van der Waals surface area contributed by atoms with E-state index < -0.39 is 26.8 Å². The summed E-state index contributed by atoms with van der Waals surface area (Å²) < 4.78 is 55.6. The summed E-state index contributed by atoms with van der Waals surface area (Å²) in [5.41, 5.74) is 2.21. The normalized spacial score (nSPS) is 15.3. The van der Waals surface area contributed by atoms with Crippen LogP contribution in [0.3, 0.4) is 0 Å². The maximum atomic E-state index is 14.9. The number of pyridine rings is 2. The highest BCUT2D eigenvalue weighted by Gasteiger charge is 2.28. The zero-order valence-electron chi connectivity index (χ0n) is 19.1. The smallest absolute Gasteiger partial charge is 0.283 e. The molecule has 3 heterocycles. The summed E-state index contributed by atoms with van der Waals surface area (Å²) in [6.45, 7) is 4.37. The van der Waals surface area contributed by atoms with Gasteiger partial charge in [0, 0.05) is 38.8 Å². The predicted octanol–water partition coefficient (Wildman–Crippen LogP) is 3.96. The van der Waals surface area contributed by atoms with E-state index in [9.17, 15) is 17.2 Å². The van der Waals surface area contributed by atoms with Crippen LogP contribution in [0.5, 0.6) is 0 Å². The van der Waals surface area contributed by atoms with Crippen LogP contribution in [0.4, 0.5) is 20.3 Å². The Bertz CT molecular complexity index is 1250. The Morgan fingerprint density at radius 2 is 1.76 bits per heavy atom. The van der Waals surface area contributed by atoms with Crippen LogP contribution in [0.15, 0.2) is 59.6 Å². The summed E-state index contributed by atoms with van der Waals surface area (Å²) in [5, 5.41) is -0.745. The Morgan fingerprint density at radius 3 is 2.44 bits per heavy atom. The number of anilines is 2. The van der Waals surface area contributed by atoms with Crippen LogP contribution in [0, 0.1) is 18.7 Å². The third kappa shape index (κ3) is 5.51. The van der Waals surface area contributed by atoms with Gasteiger partial charge in [0.15, 0.2) is 5.82 Å². The van der Waals surface area contributed by atoms with E-state index in [0.717, 1.165) is 38.5 Å². The van der Waals surface area contributed by atoms with Crippen LogP contribution in [0.1, 0.15) is 24.1 Å². The molecule has 10 heteroatoms. The van der Waals surface area contributed by atoms with Gasteiger partial charge in [-0.3, -0.25) is 9.62 Å². The number of aryl methyl sites for hydroxylation is 1. The van der Waals surface area contributed by atoms with E-state index in [-0.39, 0.29) is 11.9 Å². The van der Waals surface area contributed by atoms with Crippen molar-refractivity contribution in [2.45, 2.75) is 37.4 Å². The van der Waals surface area contributed by atoms with Crippen LogP contribution in [-0.4, -0.2) is 49.5 Å². The van der Waals surface area contributed by atoms with E-state index in [4.69, 9.17) is 0 Å². The number of hydrogen-bond donors (Lipinski definition) is 1. The topological polar surface area (TPSA) is 78.4 Å². The predicted molar refractivity (Wildman–Crippen MR) is 127 cm³/mol. The molecular weight excluding hydrogens is 460 g/mol. The van der Waals surface area contributed by atoms with Gasteiger partial charge in [-0.1, -0.05) is 36.4 Å². The summed E-state index contributed by atoms with van der Waals surface area (Å²) in [6, 6.07) is 15.4. The summed E-state index contributed by atoms with van der Waals surface area (Å²) in [6.07, 6.45) is 1.80. The molecule has 2 aromatic heterocycles. The number of halogens is 2. The molecule has 7 nitrogen and oxygen atoms in total. The first-order valence-corrected chi connectivity index (χ1v) is 12.5. The van der Waals surface area contributed by atoms with Gasteiger partial charge < -0.3 is 4.90 Å². The number of hydrogen-bond acceptors (Lipinski definition) is 6. The van der Waals surface area contributed by atoms with Crippen molar-refractivity contribution in [2.24, 2.45) is 0 Å². The van der Waals surface area contributed by atoms with Gasteiger partial charge in [-0.2, -0.15) is 12.8 Å². The lowest BCUT2D eigenvalue weighted by molar-refractivity contribution is 0.203. The minimum absolute atomic E-state index is 0.184. The molecule has 0 amide bonds. The van der Waals surface area contributed by atoms with Crippen LogP contribution in [-0.2, 0) is 16.6 Å². The van der Waals surface area contributed by atoms with E-state index in [1.165, 1.54) is 23.8 Å². The summed E-state index contributed by atoms with van der Waals surface area (Å²) in [5.74, 6) is -2.07. The molecule has 0 radical (unpaired) electrons. The highest BCUT2D eigenvalue weighted by Crippen LogP contribution is 2.28. The first-order valence-electron chi connectivity index (χ1n) is 11.0. The maximum Gasteiger partial charge on any atom is 0.283 e. The lowest BCUT2D eigenvalue weighted by Gasteiger charge is -2.38. The molecule has 0 aliphatic carbocycles. The van der Waals surface area contributed by atoms with E-state index in [1.807, 2.05) is 30.1 Å². The van der Waals surface area contributed by atoms with Crippen molar-refractivity contribution in [3.63, 3.8) is 0 Å². The standard InChI is InChI=1S/C24H27F2N5O2S/c1-17-21(30(2)19-11-13-31(14-12-19)16-18-7-4-3-5-8-18)15-20(25)24(27-17)34(32,33)29-23-10-6-9-22(26)28-23/h3-10,15,19H,11-14,16H2,1-2H3,(H,28,29). The van der Waals surface area contributed by atoms with Crippen molar-refractivity contribution in [3.05, 3.63) is 77.6 Å². The van der Waals surface area contributed by atoms with Crippen molar-refractivity contribution < 1.29 is 17.2 Å². The molecule has 0 saturated carbocycles. The van der Waals surface area contributed by atoms with Crippen LogP contribution < -0.4 is 9.62 Å². The minimum Gasteiger partial charge on any atom is -0.370 e. The zero-order chi connectivity index (χ0) is 24.3. The summed E-state index contributed by atoms with van der Waals surface area (Å²) in [7, 11) is -2.50. The molecule has 1 aliphatic rings. The van der Waals surface area contributed by atoms with Crippen molar-refractivity contribution >= 4 is 21.5 Å². The largest absolute Gasteiger partial charge is 0.370 e. The number of rotatable bonds is 7. The van der Waals surface area contributed by atoms with Gasteiger partial charge in [0.25, 0.3) is 10.0 Å². The molecule has 1 aromatic carbocycles. The first kappa shape index (κ1) is 24.0. The molecule has 34 heavy (non-hydrogen) atoms. The van der Waals surface area contributed by atoms with Crippen LogP contribution in [0.25, 0.3) is 0 Å². The molecular formula is C24H27F2N5O2S. The second-order valence-electron chi connectivity index (χ2n) is 8.43. The fourth-order valence-electron chi connectivity index (χ4n) is 4.25. The highest BCUT2D eigenvalue weighted by atomic mass is 32.2. The molecule has 1 N–H and O–H groups in total. The Kier molecular flexibility index (Phi) is 7.08. The van der Waals surface area contributed by atoms with Gasteiger partial charge >= 0.3 is 0 Å². The van der Waals surface area contributed by atoms with Crippen molar-refractivity contribution in [1.82, 2.24) is 14.9 Å². The number of benzene rings is 1. The average Bonchev–Trinajstić information content (AvgIpc) is 2.81. The van der Waals surface area contributed by atoms with Crippen molar-refractivity contribution in [3.8, 4) is 0 Å². The third-order valence-electron chi connectivity index (χ3n) is 6.05. The number of aromatic nitrogens is 2. The van der Waals surface area contributed by atoms with Gasteiger partial charge in [0.05, 0.1) is 11.4 Å². The molecule has 1 fully saturated rings. The van der Waals surface area contributed by atoms with E-state index >= 15 is 0 Å². The van der Waals surface area contributed by atoms with Gasteiger partial charge in [-0.05, 0) is 37.5 Å². The van der Waals surface area contributed by atoms with Crippen molar-refractivity contribution in [2.75, 3.05) is 29.8 Å². The van der Waals surface area contributed by atoms with E-state index in [0.29, 0.717) is 11.4 Å².